The molecule has 0 saturated heterocycles. The number of aliphatic hydroxyl groups excluding tert-OH is 1. The number of aliphatic hydroxyl groups is 1. The van der Waals surface area contributed by atoms with E-state index in [-0.39, 0.29) is 6.61 Å². The van der Waals surface area contributed by atoms with Gasteiger partial charge in [-0.1, -0.05) is 30.7 Å². The molecule has 0 spiro atoms. The molecule has 18 heavy (non-hydrogen) atoms. The lowest BCUT2D eigenvalue weighted by molar-refractivity contribution is 0.254. The molecule has 1 atom stereocenters. The number of nitrogens with one attached hydrogen (secondary N) is 1. The highest BCUT2D eigenvalue weighted by molar-refractivity contribution is 7.92. The molecule has 1 rings (SSSR count). The van der Waals surface area contributed by atoms with Gasteiger partial charge in [0.25, 0.3) is 0 Å². The minimum atomic E-state index is -3.54. The number of sulfonamides is 1. The molecule has 0 radical (unpaired) electrons. The number of hydrogen-bond donors (Lipinski definition) is 2. The van der Waals surface area contributed by atoms with Crippen LogP contribution in [-0.4, -0.2) is 26.2 Å². The van der Waals surface area contributed by atoms with E-state index >= 15 is 0 Å². The molecule has 1 unspecified atom stereocenters. The van der Waals surface area contributed by atoms with Gasteiger partial charge < -0.3 is 5.11 Å². The average Bonchev–Trinajstić information content (AvgIpc) is 2.35. The molecular formula is C12H16ClNO3S. The van der Waals surface area contributed by atoms with Crippen LogP contribution in [0.25, 0.3) is 6.08 Å². The molecule has 4 nitrogen and oxygen atoms in total. The summed E-state index contributed by atoms with van der Waals surface area (Å²) in [7, 11) is -3.54. The predicted octanol–water partition coefficient (Wildman–Crippen LogP) is 2.00. The first-order valence-corrected chi connectivity index (χ1v) is 7.46. The maximum absolute atomic E-state index is 11.7. The number of hydrogen-bond acceptors (Lipinski definition) is 3. The van der Waals surface area contributed by atoms with E-state index in [9.17, 15) is 8.42 Å². The zero-order valence-electron chi connectivity index (χ0n) is 10.0. The Morgan fingerprint density at radius 2 is 2.00 bits per heavy atom. The van der Waals surface area contributed by atoms with Crippen molar-refractivity contribution in [2.75, 3.05) is 6.61 Å². The van der Waals surface area contributed by atoms with Gasteiger partial charge in [0.15, 0.2) is 0 Å². The minimum absolute atomic E-state index is 0.218. The van der Waals surface area contributed by atoms with Crippen molar-refractivity contribution >= 4 is 27.7 Å². The van der Waals surface area contributed by atoms with Crippen molar-refractivity contribution in [3.05, 3.63) is 40.3 Å². The van der Waals surface area contributed by atoms with Crippen molar-refractivity contribution in [2.24, 2.45) is 0 Å². The van der Waals surface area contributed by atoms with Crippen molar-refractivity contribution in [1.29, 1.82) is 0 Å². The quantitative estimate of drug-likeness (QED) is 0.842. The van der Waals surface area contributed by atoms with Gasteiger partial charge in [0.1, 0.15) is 0 Å². The Morgan fingerprint density at radius 1 is 1.39 bits per heavy atom. The fourth-order valence-corrected chi connectivity index (χ4v) is 2.51. The Bertz CT molecular complexity index is 493. The molecule has 0 amide bonds. The van der Waals surface area contributed by atoms with Crippen LogP contribution >= 0.6 is 11.6 Å². The summed E-state index contributed by atoms with van der Waals surface area (Å²) in [6, 6.07) is 6.35. The Labute approximate surface area is 112 Å². The second kappa shape index (κ2) is 6.89. The number of rotatable bonds is 6. The van der Waals surface area contributed by atoms with Crippen molar-refractivity contribution in [1.82, 2.24) is 4.72 Å². The molecule has 6 heteroatoms. The first-order valence-electron chi connectivity index (χ1n) is 5.53. The van der Waals surface area contributed by atoms with Crippen LogP contribution in [0.15, 0.2) is 29.7 Å². The van der Waals surface area contributed by atoms with E-state index in [0.717, 1.165) is 11.0 Å². The molecule has 0 saturated carbocycles. The second-order valence-corrected chi connectivity index (χ2v) is 5.84. The molecule has 2 N–H and O–H groups in total. The molecule has 0 aliphatic carbocycles. The molecule has 0 aliphatic heterocycles. The highest BCUT2D eigenvalue weighted by Crippen LogP contribution is 2.11. The summed E-state index contributed by atoms with van der Waals surface area (Å²) in [5, 5.41) is 10.6. The number of halogens is 1. The molecule has 0 fully saturated rings. The van der Waals surface area contributed by atoms with E-state index < -0.39 is 16.1 Å². The summed E-state index contributed by atoms with van der Waals surface area (Å²) >= 11 is 5.73. The molecule has 100 valence electrons. The Morgan fingerprint density at radius 3 is 2.50 bits per heavy atom. The average molecular weight is 290 g/mol. The van der Waals surface area contributed by atoms with Gasteiger partial charge in [-0.05, 0) is 30.2 Å². The van der Waals surface area contributed by atoms with Gasteiger partial charge in [0.2, 0.25) is 10.0 Å². The van der Waals surface area contributed by atoms with Crippen LogP contribution in [-0.2, 0) is 10.0 Å². The van der Waals surface area contributed by atoms with Gasteiger partial charge in [-0.25, -0.2) is 13.1 Å². The Balaban J connectivity index is 2.73. The lowest BCUT2D eigenvalue weighted by atomic mass is 10.2. The minimum Gasteiger partial charge on any atom is -0.395 e. The van der Waals surface area contributed by atoms with E-state index in [1.807, 2.05) is 0 Å². The molecule has 1 aromatic carbocycles. The third-order valence-electron chi connectivity index (χ3n) is 2.35. The van der Waals surface area contributed by atoms with Crippen molar-refractivity contribution < 1.29 is 13.5 Å². The van der Waals surface area contributed by atoms with E-state index in [4.69, 9.17) is 16.7 Å². The summed E-state index contributed by atoms with van der Waals surface area (Å²) < 4.78 is 25.7. The van der Waals surface area contributed by atoms with Gasteiger partial charge in [-0.3, -0.25) is 0 Å². The van der Waals surface area contributed by atoms with Crippen LogP contribution in [0.1, 0.15) is 18.9 Å². The van der Waals surface area contributed by atoms with Crippen molar-refractivity contribution in [3.63, 3.8) is 0 Å². The standard InChI is InChI=1S/C12H16ClNO3S/c1-2-12(9-15)14-18(16,17)8-7-10-3-5-11(13)6-4-10/h3-8,12,14-15H,2,9H2,1H3/b8-7+. The monoisotopic (exact) mass is 289 g/mol. The van der Waals surface area contributed by atoms with Gasteiger partial charge in [0.05, 0.1) is 6.61 Å². The van der Waals surface area contributed by atoms with Gasteiger partial charge in [-0.2, -0.15) is 0 Å². The lowest BCUT2D eigenvalue weighted by Crippen LogP contribution is -2.35. The van der Waals surface area contributed by atoms with Gasteiger partial charge >= 0.3 is 0 Å². The maximum Gasteiger partial charge on any atom is 0.234 e. The van der Waals surface area contributed by atoms with Gasteiger partial charge in [0, 0.05) is 16.5 Å². The summed E-state index contributed by atoms with van der Waals surface area (Å²) in [5.41, 5.74) is 0.738. The first-order chi connectivity index (χ1) is 8.46. The largest absolute Gasteiger partial charge is 0.395 e. The third-order valence-corrected chi connectivity index (χ3v) is 3.76. The fraction of sp³-hybridized carbons (Fsp3) is 0.333. The summed E-state index contributed by atoms with van der Waals surface area (Å²) in [6.07, 6.45) is 2.01. The topological polar surface area (TPSA) is 66.4 Å². The van der Waals surface area contributed by atoms with Crippen LogP contribution in [0.4, 0.5) is 0 Å². The van der Waals surface area contributed by atoms with E-state index in [2.05, 4.69) is 4.72 Å². The highest BCUT2D eigenvalue weighted by Gasteiger charge is 2.12. The zero-order chi connectivity index (χ0) is 13.6. The molecule has 1 aromatic rings. The highest BCUT2D eigenvalue weighted by atomic mass is 35.5. The van der Waals surface area contributed by atoms with Crippen molar-refractivity contribution in [3.8, 4) is 0 Å². The Hall–Kier alpha value is -0.880. The molecule has 0 aliphatic rings. The first kappa shape index (κ1) is 15.2. The van der Waals surface area contributed by atoms with Crippen molar-refractivity contribution in [2.45, 2.75) is 19.4 Å². The van der Waals surface area contributed by atoms with Crippen LogP contribution in [0.3, 0.4) is 0 Å². The van der Waals surface area contributed by atoms with E-state index in [0.29, 0.717) is 11.4 Å². The predicted molar refractivity (Wildman–Crippen MR) is 73.7 cm³/mol. The van der Waals surface area contributed by atoms with Crippen LogP contribution < -0.4 is 4.72 Å². The molecule has 0 bridgehead atoms. The maximum atomic E-state index is 11.7. The second-order valence-electron chi connectivity index (χ2n) is 3.80. The fourth-order valence-electron chi connectivity index (χ4n) is 1.26. The summed E-state index contributed by atoms with van der Waals surface area (Å²) in [5.74, 6) is 0. The molecular weight excluding hydrogens is 274 g/mol. The van der Waals surface area contributed by atoms with Crippen LogP contribution in [0.2, 0.25) is 5.02 Å². The molecule has 0 heterocycles. The normalized spacial score (nSPS) is 13.9. The molecule has 0 aromatic heterocycles. The lowest BCUT2D eigenvalue weighted by Gasteiger charge is -2.11. The number of benzene rings is 1. The summed E-state index contributed by atoms with van der Waals surface area (Å²) in [4.78, 5) is 0. The van der Waals surface area contributed by atoms with E-state index in [1.165, 1.54) is 6.08 Å². The van der Waals surface area contributed by atoms with Crippen LogP contribution in [0, 0.1) is 0 Å². The van der Waals surface area contributed by atoms with Gasteiger partial charge in [-0.15, -0.1) is 0 Å². The third kappa shape index (κ3) is 5.18. The van der Waals surface area contributed by atoms with E-state index in [1.54, 1.807) is 31.2 Å². The Kier molecular flexibility index (Phi) is 5.81. The SMILES string of the molecule is CCC(CO)NS(=O)(=O)/C=C/c1ccc(Cl)cc1. The van der Waals surface area contributed by atoms with Crippen LogP contribution in [0.5, 0.6) is 0 Å². The zero-order valence-corrected chi connectivity index (χ0v) is 11.6. The smallest absolute Gasteiger partial charge is 0.234 e. The summed E-state index contributed by atoms with van der Waals surface area (Å²) in [6.45, 7) is 1.58.